The van der Waals surface area contributed by atoms with E-state index in [0.717, 1.165) is 0 Å². The Hall–Kier alpha value is -0.950. The molecule has 0 aliphatic heterocycles. The summed E-state index contributed by atoms with van der Waals surface area (Å²) in [6.45, 7) is 0. The summed E-state index contributed by atoms with van der Waals surface area (Å²) in [6.07, 6.45) is 0. The highest BCUT2D eigenvalue weighted by Gasteiger charge is 2.10. The molecule has 50 valence electrons. The highest BCUT2D eigenvalue weighted by molar-refractivity contribution is 9.10. The monoisotopic (exact) mass is 201 g/mol. The molecule has 0 fully saturated rings. The third-order valence-electron chi connectivity index (χ3n) is 1.02. The molecule has 0 saturated carbocycles. The first-order chi connectivity index (χ1) is 4.74. The smallest absolute Gasteiger partial charge is 0.207 e. The predicted octanol–water partition coefficient (Wildman–Crippen LogP) is 3.07. The molecule has 1 rings (SSSR count). The van der Waals surface area contributed by atoms with Crippen molar-refractivity contribution < 1.29 is 4.39 Å². The zero-order valence-corrected chi connectivity index (χ0v) is 6.47. The van der Waals surface area contributed by atoms with Crippen LogP contribution in [0.15, 0.2) is 22.7 Å². The van der Waals surface area contributed by atoms with Crippen molar-refractivity contribution in [2.24, 2.45) is 0 Å². The predicted molar refractivity (Wildman–Crippen MR) is 38.8 cm³/mol. The summed E-state index contributed by atoms with van der Waals surface area (Å²) in [5, 5.41) is 8.28. The summed E-state index contributed by atoms with van der Waals surface area (Å²) in [4.78, 5) is 2.90. The lowest BCUT2D eigenvalue weighted by molar-refractivity contribution is 0.627. The van der Waals surface area contributed by atoms with E-state index in [1.165, 1.54) is 18.2 Å². The van der Waals surface area contributed by atoms with Crippen molar-refractivity contribution in [2.75, 3.05) is 0 Å². The maximum absolute atomic E-state index is 12.3. The number of hydrogen-bond acceptors (Lipinski definition) is 1. The molecule has 1 aromatic rings. The molecular weight excluding hydrogens is 199 g/mol. The second-order valence-electron chi connectivity index (χ2n) is 1.70. The molecule has 0 aromatic heterocycles. The maximum Gasteiger partial charge on any atom is 0.399 e. The van der Waals surface area contributed by atoms with Crippen molar-refractivity contribution in [1.82, 2.24) is 0 Å². The number of diazo groups is 1. The van der Waals surface area contributed by atoms with Crippen LogP contribution in [-0.2, 0) is 0 Å². The molecule has 0 saturated heterocycles. The van der Waals surface area contributed by atoms with Crippen molar-refractivity contribution >= 4 is 21.6 Å². The average molecular weight is 202 g/mol. The van der Waals surface area contributed by atoms with Gasteiger partial charge in [-0.15, -0.1) is 0 Å². The Labute approximate surface area is 65.4 Å². The number of benzene rings is 1. The number of rotatable bonds is 0. The molecule has 0 N–H and O–H groups in total. The molecule has 2 nitrogen and oxygen atoms in total. The molecule has 1 aromatic carbocycles. The zero-order chi connectivity index (χ0) is 7.56. The van der Waals surface area contributed by atoms with Crippen LogP contribution in [0.25, 0.3) is 4.98 Å². The molecule has 0 heterocycles. The zero-order valence-electron chi connectivity index (χ0n) is 4.88. The summed E-state index contributed by atoms with van der Waals surface area (Å²) in [7, 11) is 0. The first-order valence-corrected chi connectivity index (χ1v) is 3.33. The molecule has 4 heteroatoms. The van der Waals surface area contributed by atoms with Crippen LogP contribution in [0, 0.1) is 11.2 Å². The Bertz CT molecular complexity index is 292. The van der Waals surface area contributed by atoms with E-state index in [2.05, 4.69) is 20.9 Å². The second kappa shape index (κ2) is 2.76. The molecule has 0 atom stereocenters. The summed E-state index contributed by atoms with van der Waals surface area (Å²) < 4.78 is 12.8. The van der Waals surface area contributed by atoms with Crippen LogP contribution in [0.5, 0.6) is 0 Å². The van der Waals surface area contributed by atoms with Crippen molar-refractivity contribution in [2.45, 2.75) is 0 Å². The van der Waals surface area contributed by atoms with Gasteiger partial charge < -0.3 is 0 Å². The first kappa shape index (κ1) is 7.16. The van der Waals surface area contributed by atoms with Gasteiger partial charge >= 0.3 is 5.69 Å². The van der Waals surface area contributed by atoms with E-state index in [1.807, 2.05) is 0 Å². The Balaban J connectivity index is 3.23. The molecular formula is C6H3BrFN2+. The minimum Gasteiger partial charge on any atom is -0.207 e. The number of hydrogen-bond donors (Lipinski definition) is 0. The largest absolute Gasteiger partial charge is 0.399 e. The van der Waals surface area contributed by atoms with E-state index >= 15 is 0 Å². The van der Waals surface area contributed by atoms with Gasteiger partial charge in [0.15, 0.2) is 4.98 Å². The SMILES string of the molecule is N#[N+]c1ccc(F)cc1Br. The Morgan fingerprint density at radius 2 is 2.20 bits per heavy atom. The van der Waals surface area contributed by atoms with Gasteiger partial charge in [-0.25, -0.2) is 4.39 Å². The van der Waals surface area contributed by atoms with E-state index in [4.69, 9.17) is 5.39 Å². The lowest BCUT2D eigenvalue weighted by Crippen LogP contribution is -1.71. The van der Waals surface area contributed by atoms with Gasteiger partial charge in [0.1, 0.15) is 10.3 Å². The van der Waals surface area contributed by atoms with Gasteiger partial charge in [-0.1, -0.05) is 0 Å². The van der Waals surface area contributed by atoms with Crippen LogP contribution in [0.2, 0.25) is 0 Å². The van der Waals surface area contributed by atoms with Crippen LogP contribution in [0.1, 0.15) is 0 Å². The van der Waals surface area contributed by atoms with Gasteiger partial charge in [-0.2, -0.15) is 0 Å². The van der Waals surface area contributed by atoms with Gasteiger partial charge in [0.05, 0.1) is 0 Å². The Morgan fingerprint density at radius 3 is 2.70 bits per heavy atom. The average Bonchev–Trinajstić information content (AvgIpc) is 1.88. The summed E-state index contributed by atoms with van der Waals surface area (Å²) >= 11 is 3.01. The van der Waals surface area contributed by atoms with Crippen LogP contribution in [0.4, 0.5) is 10.1 Å². The molecule has 10 heavy (non-hydrogen) atoms. The van der Waals surface area contributed by atoms with Gasteiger partial charge in [0.2, 0.25) is 5.39 Å². The molecule has 0 unspecified atom stereocenters. The van der Waals surface area contributed by atoms with Crippen molar-refractivity contribution in [3.63, 3.8) is 0 Å². The number of nitrogens with zero attached hydrogens (tertiary/aromatic N) is 2. The lowest BCUT2D eigenvalue weighted by atomic mass is 10.3. The fourth-order valence-corrected chi connectivity index (χ4v) is 0.993. The van der Waals surface area contributed by atoms with Crippen LogP contribution >= 0.6 is 15.9 Å². The minimum atomic E-state index is -0.362. The van der Waals surface area contributed by atoms with Crippen LogP contribution in [-0.4, -0.2) is 0 Å². The molecule has 0 amide bonds. The normalized spacial score (nSPS) is 8.90. The highest BCUT2D eigenvalue weighted by Crippen LogP contribution is 2.25. The fraction of sp³-hybridized carbons (Fsp3) is 0. The quantitative estimate of drug-likeness (QED) is 0.594. The fourth-order valence-electron chi connectivity index (χ4n) is 0.562. The van der Waals surface area contributed by atoms with E-state index in [-0.39, 0.29) is 5.82 Å². The van der Waals surface area contributed by atoms with E-state index in [9.17, 15) is 4.39 Å². The number of halogens is 2. The summed E-state index contributed by atoms with van der Waals surface area (Å²) in [5.41, 5.74) is 0.321. The Kier molecular flexibility index (Phi) is 1.97. The van der Waals surface area contributed by atoms with Crippen molar-refractivity contribution in [3.05, 3.63) is 33.5 Å². The Morgan fingerprint density at radius 1 is 1.50 bits per heavy atom. The van der Waals surface area contributed by atoms with Gasteiger partial charge in [0.25, 0.3) is 0 Å². The third-order valence-corrected chi connectivity index (χ3v) is 1.65. The summed E-state index contributed by atoms with van der Waals surface area (Å²) in [5.74, 6) is -0.362. The van der Waals surface area contributed by atoms with Gasteiger partial charge in [-0.05, 0) is 28.1 Å². The van der Waals surface area contributed by atoms with E-state index < -0.39 is 0 Å². The first-order valence-electron chi connectivity index (χ1n) is 2.54. The second-order valence-corrected chi connectivity index (χ2v) is 2.55. The highest BCUT2D eigenvalue weighted by atomic mass is 79.9. The maximum atomic E-state index is 12.3. The third kappa shape index (κ3) is 1.31. The molecule has 0 spiro atoms. The van der Waals surface area contributed by atoms with Crippen molar-refractivity contribution in [3.8, 4) is 0 Å². The molecule has 0 bridgehead atoms. The van der Waals surface area contributed by atoms with Crippen molar-refractivity contribution in [1.29, 1.82) is 5.39 Å². The van der Waals surface area contributed by atoms with Crippen LogP contribution < -0.4 is 0 Å². The lowest BCUT2D eigenvalue weighted by Gasteiger charge is -1.83. The van der Waals surface area contributed by atoms with E-state index in [1.54, 1.807) is 0 Å². The van der Waals surface area contributed by atoms with E-state index in [0.29, 0.717) is 10.2 Å². The standard InChI is InChI=1S/C6H3BrFN2/c7-5-3-4(8)1-2-6(5)10-9/h1-3H/q+1. The minimum absolute atomic E-state index is 0.321. The molecule has 0 aliphatic rings. The van der Waals surface area contributed by atoms with Gasteiger partial charge in [-0.3, -0.25) is 0 Å². The topological polar surface area (TPSA) is 28.1 Å². The molecule has 0 aliphatic carbocycles. The molecule has 0 radical (unpaired) electrons. The van der Waals surface area contributed by atoms with Gasteiger partial charge in [0, 0.05) is 6.07 Å². The summed E-state index contributed by atoms with van der Waals surface area (Å²) in [6, 6.07) is 3.83. The van der Waals surface area contributed by atoms with Crippen LogP contribution in [0.3, 0.4) is 0 Å².